The van der Waals surface area contributed by atoms with E-state index in [1.54, 1.807) is 0 Å². The molecule has 16 heavy (non-hydrogen) atoms. The second-order valence-electron chi connectivity index (χ2n) is 2.10. The van der Waals surface area contributed by atoms with E-state index in [9.17, 15) is 0 Å². The van der Waals surface area contributed by atoms with E-state index in [0.717, 1.165) is 0 Å². The van der Waals surface area contributed by atoms with Crippen LogP contribution in [0.15, 0.2) is 30.3 Å². The molecule has 92 valence electrons. The summed E-state index contributed by atoms with van der Waals surface area (Å²) in [5.41, 5.74) is 1.32. The van der Waals surface area contributed by atoms with Gasteiger partial charge in [-0.2, -0.15) is 0 Å². The van der Waals surface area contributed by atoms with Crippen molar-refractivity contribution in [1.29, 1.82) is 0 Å². The van der Waals surface area contributed by atoms with E-state index in [1.165, 1.54) is 5.56 Å². The molecule has 9 heteroatoms. The van der Waals surface area contributed by atoms with Gasteiger partial charge in [-0.3, -0.25) is 0 Å². The van der Waals surface area contributed by atoms with Gasteiger partial charge in [-0.25, -0.2) is 0 Å². The summed E-state index contributed by atoms with van der Waals surface area (Å²) in [6.07, 6.45) is 0. The Bertz CT molecular complexity index is 274. The van der Waals surface area contributed by atoms with Gasteiger partial charge in [-0.1, -0.05) is 35.9 Å². The van der Waals surface area contributed by atoms with Crippen molar-refractivity contribution >= 4 is 0 Å². The Morgan fingerprint density at radius 2 is 1.12 bits per heavy atom. The molecular formula is C7H8N2O6Pd. The van der Waals surface area contributed by atoms with Crippen molar-refractivity contribution in [2.24, 2.45) is 0 Å². The number of hydrogen-bond donors (Lipinski definition) is 0. The van der Waals surface area contributed by atoms with Crippen molar-refractivity contribution in [3.63, 3.8) is 0 Å². The van der Waals surface area contributed by atoms with Gasteiger partial charge in [-0.15, -0.1) is 0 Å². The Labute approximate surface area is 104 Å². The quantitative estimate of drug-likeness (QED) is 0.404. The van der Waals surface area contributed by atoms with Gasteiger partial charge in [0.05, 0.1) is 10.2 Å². The third-order valence-electron chi connectivity index (χ3n) is 0.940. The molecule has 0 saturated heterocycles. The summed E-state index contributed by atoms with van der Waals surface area (Å²) in [6.45, 7) is 2.08. The SMILES string of the molecule is Cc1ccccc1.O=[N+]([O-])[O-].O=[N+]([O-])[O-].[Pd+2]. The van der Waals surface area contributed by atoms with Crippen molar-refractivity contribution in [3.05, 3.63) is 66.5 Å². The first-order valence-corrected chi connectivity index (χ1v) is 3.51. The van der Waals surface area contributed by atoms with Crippen LogP contribution in [0.25, 0.3) is 0 Å². The molecule has 0 aliphatic heterocycles. The molecule has 0 spiro atoms. The minimum Gasteiger partial charge on any atom is -0.356 e. The number of benzene rings is 1. The van der Waals surface area contributed by atoms with Crippen LogP contribution >= 0.6 is 0 Å². The van der Waals surface area contributed by atoms with Crippen LogP contribution < -0.4 is 0 Å². The molecule has 0 heterocycles. The van der Waals surface area contributed by atoms with E-state index >= 15 is 0 Å². The Hall–Kier alpha value is -1.72. The normalized spacial score (nSPS) is 6.81. The molecule has 0 aliphatic rings. The van der Waals surface area contributed by atoms with Crippen LogP contribution in [0.3, 0.4) is 0 Å². The molecule has 1 rings (SSSR count). The van der Waals surface area contributed by atoms with Gasteiger partial charge >= 0.3 is 20.4 Å². The van der Waals surface area contributed by atoms with E-state index < -0.39 is 10.2 Å². The third kappa shape index (κ3) is 39.6. The van der Waals surface area contributed by atoms with Crippen LogP contribution in [-0.2, 0) is 20.4 Å². The zero-order chi connectivity index (χ0) is 12.3. The van der Waals surface area contributed by atoms with Gasteiger partial charge in [0, 0.05) is 0 Å². The van der Waals surface area contributed by atoms with Crippen LogP contribution in [0, 0.1) is 37.6 Å². The largest absolute Gasteiger partial charge is 2.00 e. The van der Waals surface area contributed by atoms with Crippen molar-refractivity contribution in [1.82, 2.24) is 0 Å². The van der Waals surface area contributed by atoms with E-state index in [1.807, 2.05) is 18.2 Å². The molecule has 0 aliphatic carbocycles. The summed E-state index contributed by atoms with van der Waals surface area (Å²) in [5.74, 6) is 0. The molecule has 0 fully saturated rings. The Balaban J connectivity index is -0.000000166. The fourth-order valence-corrected chi connectivity index (χ4v) is 0.534. The molecular weight excluding hydrogens is 315 g/mol. The van der Waals surface area contributed by atoms with Gasteiger partial charge in [0.2, 0.25) is 0 Å². The number of hydrogen-bond acceptors (Lipinski definition) is 6. The number of aryl methyl sites for hydroxylation is 1. The molecule has 0 amide bonds. The van der Waals surface area contributed by atoms with E-state index in [2.05, 4.69) is 19.1 Å². The summed E-state index contributed by atoms with van der Waals surface area (Å²) < 4.78 is 0. The van der Waals surface area contributed by atoms with Gasteiger partial charge in [0.1, 0.15) is 0 Å². The van der Waals surface area contributed by atoms with Crippen molar-refractivity contribution in [3.8, 4) is 0 Å². The molecule has 0 saturated carbocycles. The number of nitrogens with zero attached hydrogens (tertiary/aromatic N) is 2. The van der Waals surface area contributed by atoms with Crippen LogP contribution in [-0.4, -0.2) is 10.2 Å². The summed E-state index contributed by atoms with van der Waals surface area (Å²) in [5, 5.41) is 29.5. The van der Waals surface area contributed by atoms with Gasteiger partial charge in [-0.05, 0) is 6.92 Å². The van der Waals surface area contributed by atoms with E-state index in [4.69, 9.17) is 30.6 Å². The molecule has 1 aromatic carbocycles. The summed E-state index contributed by atoms with van der Waals surface area (Å²) in [7, 11) is 0. The maximum Gasteiger partial charge on any atom is 2.00 e. The molecule has 0 unspecified atom stereocenters. The minimum absolute atomic E-state index is 0. The van der Waals surface area contributed by atoms with Crippen molar-refractivity contribution < 1.29 is 30.6 Å². The molecule has 0 bridgehead atoms. The maximum atomic E-state index is 8.25. The van der Waals surface area contributed by atoms with Crippen LogP contribution in [0.5, 0.6) is 0 Å². The van der Waals surface area contributed by atoms with Crippen LogP contribution in [0.4, 0.5) is 0 Å². The first kappa shape index (κ1) is 19.8. The molecule has 1 aromatic rings. The first-order chi connectivity index (χ1) is 6.86. The summed E-state index contributed by atoms with van der Waals surface area (Å²) in [6, 6.07) is 10.3. The van der Waals surface area contributed by atoms with Crippen molar-refractivity contribution in [2.75, 3.05) is 0 Å². The average Bonchev–Trinajstić information content (AvgIpc) is 2.03. The van der Waals surface area contributed by atoms with Crippen LogP contribution in [0.2, 0.25) is 0 Å². The van der Waals surface area contributed by atoms with Gasteiger partial charge < -0.3 is 30.6 Å². The molecule has 8 nitrogen and oxygen atoms in total. The Morgan fingerprint density at radius 3 is 1.25 bits per heavy atom. The summed E-state index contributed by atoms with van der Waals surface area (Å²) in [4.78, 5) is 16.5. The van der Waals surface area contributed by atoms with E-state index in [-0.39, 0.29) is 20.4 Å². The van der Waals surface area contributed by atoms with Crippen molar-refractivity contribution in [2.45, 2.75) is 6.92 Å². The summed E-state index contributed by atoms with van der Waals surface area (Å²) >= 11 is 0. The standard InChI is InChI=1S/C7H8.2NO3.Pd/c1-7-5-3-2-4-6-7;2*2-1(3)4;/h2-6H,1H3;;;/q;2*-1;+2. The zero-order valence-electron chi connectivity index (χ0n) is 8.05. The molecule has 0 radical (unpaired) electrons. The fourth-order valence-electron chi connectivity index (χ4n) is 0.534. The first-order valence-electron chi connectivity index (χ1n) is 3.51. The monoisotopic (exact) mass is 322 g/mol. The zero-order valence-corrected chi connectivity index (χ0v) is 9.60. The second kappa shape index (κ2) is 13.3. The molecule has 0 N–H and O–H groups in total. The van der Waals surface area contributed by atoms with Gasteiger partial charge in [0.25, 0.3) is 0 Å². The maximum absolute atomic E-state index is 8.25. The fraction of sp³-hybridized carbons (Fsp3) is 0.143. The minimum atomic E-state index is -1.75. The predicted octanol–water partition coefficient (Wildman–Crippen LogP) is 1.51. The number of rotatable bonds is 0. The van der Waals surface area contributed by atoms with E-state index in [0.29, 0.717) is 0 Å². The van der Waals surface area contributed by atoms with Crippen LogP contribution in [0.1, 0.15) is 5.56 Å². The van der Waals surface area contributed by atoms with Gasteiger partial charge in [0.15, 0.2) is 0 Å². The molecule has 0 aromatic heterocycles. The third-order valence-corrected chi connectivity index (χ3v) is 0.940. The topological polar surface area (TPSA) is 132 Å². The second-order valence-corrected chi connectivity index (χ2v) is 2.10. The Morgan fingerprint density at radius 1 is 0.875 bits per heavy atom. The molecule has 0 atom stereocenters. The Kier molecular flexibility index (Phi) is 16.4. The smallest absolute Gasteiger partial charge is 0.356 e. The predicted molar refractivity (Wildman–Crippen MR) is 51.9 cm³/mol. The average molecular weight is 323 g/mol.